The number of Topliss-reactive ketones (excluding diaryl/α,β-unsaturated/α-hetero) is 1. The number of nitro groups is 1. The Morgan fingerprint density at radius 1 is 1.19 bits per heavy atom. The number of aliphatic hydroxyl groups excluding tert-OH is 1. The molecule has 1 fully saturated rings. The summed E-state index contributed by atoms with van der Waals surface area (Å²) in [6.07, 6.45) is 0.594. The summed E-state index contributed by atoms with van der Waals surface area (Å²) in [4.78, 5) is 41.3. The van der Waals surface area contributed by atoms with E-state index in [9.17, 15) is 24.8 Å². The summed E-state index contributed by atoms with van der Waals surface area (Å²) in [7, 11) is 0. The van der Waals surface area contributed by atoms with Gasteiger partial charge >= 0.3 is 0 Å². The van der Waals surface area contributed by atoms with E-state index < -0.39 is 28.4 Å². The van der Waals surface area contributed by atoms with Crippen LogP contribution in [0, 0.1) is 10.1 Å². The molecule has 0 unspecified atom stereocenters. The van der Waals surface area contributed by atoms with Crippen LogP contribution in [0.3, 0.4) is 0 Å². The molecular formula is C22H23N3O6S. The molecule has 9 nitrogen and oxygen atoms in total. The number of thiophene rings is 1. The predicted molar refractivity (Wildman–Crippen MR) is 118 cm³/mol. The van der Waals surface area contributed by atoms with Gasteiger partial charge in [-0.15, -0.1) is 11.3 Å². The molecule has 0 bridgehead atoms. The second kappa shape index (κ2) is 9.60. The first kappa shape index (κ1) is 22.1. The number of nitrogens with zero attached hydrogens (tertiary/aromatic N) is 3. The highest BCUT2D eigenvalue weighted by molar-refractivity contribution is 7.12. The zero-order valence-corrected chi connectivity index (χ0v) is 18.1. The van der Waals surface area contributed by atoms with Gasteiger partial charge in [0.1, 0.15) is 0 Å². The van der Waals surface area contributed by atoms with Gasteiger partial charge in [-0.25, -0.2) is 0 Å². The van der Waals surface area contributed by atoms with Gasteiger partial charge in [-0.2, -0.15) is 0 Å². The number of hydrogen-bond donors (Lipinski definition) is 1. The van der Waals surface area contributed by atoms with Crippen molar-refractivity contribution in [1.29, 1.82) is 0 Å². The summed E-state index contributed by atoms with van der Waals surface area (Å²) in [5, 5.41) is 24.1. The van der Waals surface area contributed by atoms with E-state index in [4.69, 9.17) is 4.74 Å². The van der Waals surface area contributed by atoms with Gasteiger partial charge in [0.15, 0.2) is 5.76 Å². The number of rotatable bonds is 8. The maximum Gasteiger partial charge on any atom is 0.290 e. The molecule has 1 aromatic heterocycles. The van der Waals surface area contributed by atoms with Crippen LogP contribution < -0.4 is 0 Å². The molecule has 32 heavy (non-hydrogen) atoms. The summed E-state index contributed by atoms with van der Waals surface area (Å²) in [6, 6.07) is 8.32. The fourth-order valence-corrected chi connectivity index (χ4v) is 4.83. The lowest BCUT2D eigenvalue weighted by Gasteiger charge is -2.29. The molecule has 3 heterocycles. The third-order valence-corrected chi connectivity index (χ3v) is 6.57. The lowest BCUT2D eigenvalue weighted by molar-refractivity contribution is -0.385. The summed E-state index contributed by atoms with van der Waals surface area (Å²) in [5.74, 6) is -1.82. The Kier molecular flexibility index (Phi) is 6.63. The van der Waals surface area contributed by atoms with E-state index in [0.717, 1.165) is 13.1 Å². The molecule has 0 spiro atoms. The Morgan fingerprint density at radius 3 is 2.62 bits per heavy atom. The fraction of sp³-hybridized carbons (Fsp3) is 0.364. The van der Waals surface area contributed by atoms with E-state index in [2.05, 4.69) is 4.90 Å². The molecule has 0 aliphatic carbocycles. The molecule has 1 amide bonds. The number of benzene rings is 1. The topological polar surface area (TPSA) is 113 Å². The Labute approximate surface area is 188 Å². The Morgan fingerprint density at radius 2 is 1.94 bits per heavy atom. The molecule has 2 aromatic rings. The zero-order chi connectivity index (χ0) is 22.7. The molecule has 0 saturated carbocycles. The van der Waals surface area contributed by atoms with Crippen molar-refractivity contribution in [3.63, 3.8) is 0 Å². The van der Waals surface area contributed by atoms with Crippen LogP contribution >= 0.6 is 11.3 Å². The number of ether oxygens (including phenoxy) is 1. The van der Waals surface area contributed by atoms with Crippen molar-refractivity contribution < 1.29 is 24.4 Å². The quantitative estimate of drug-likeness (QED) is 0.368. The van der Waals surface area contributed by atoms with Crippen LogP contribution in [0.2, 0.25) is 0 Å². The smallest absolute Gasteiger partial charge is 0.290 e. The van der Waals surface area contributed by atoms with Gasteiger partial charge < -0.3 is 14.7 Å². The van der Waals surface area contributed by atoms with Crippen LogP contribution in [0.4, 0.5) is 5.69 Å². The van der Waals surface area contributed by atoms with Crippen LogP contribution in [0.25, 0.3) is 0 Å². The van der Waals surface area contributed by atoms with Gasteiger partial charge in [-0.1, -0.05) is 18.2 Å². The first-order valence-corrected chi connectivity index (χ1v) is 11.2. The molecule has 168 valence electrons. The first-order valence-electron chi connectivity index (χ1n) is 10.3. The van der Waals surface area contributed by atoms with E-state index in [1.54, 1.807) is 23.6 Å². The highest BCUT2D eigenvalue weighted by atomic mass is 32.1. The minimum Gasteiger partial charge on any atom is -0.503 e. The van der Waals surface area contributed by atoms with Gasteiger partial charge in [0.2, 0.25) is 5.78 Å². The van der Waals surface area contributed by atoms with Gasteiger partial charge in [-0.05, 0) is 23.9 Å². The zero-order valence-electron chi connectivity index (χ0n) is 17.3. The van der Waals surface area contributed by atoms with Crippen molar-refractivity contribution in [2.45, 2.75) is 12.5 Å². The van der Waals surface area contributed by atoms with E-state index >= 15 is 0 Å². The van der Waals surface area contributed by atoms with Gasteiger partial charge in [-0.3, -0.25) is 24.6 Å². The van der Waals surface area contributed by atoms with E-state index in [1.165, 1.54) is 34.4 Å². The fourth-order valence-electron chi connectivity index (χ4n) is 4.15. The molecule has 2 aliphatic rings. The number of para-hydroxylation sites is 1. The van der Waals surface area contributed by atoms with Crippen molar-refractivity contribution in [2.24, 2.45) is 0 Å². The second-order valence-corrected chi connectivity index (χ2v) is 8.54. The monoisotopic (exact) mass is 457 g/mol. The second-order valence-electron chi connectivity index (χ2n) is 7.59. The number of aliphatic hydroxyl groups is 1. The highest BCUT2D eigenvalue weighted by Crippen LogP contribution is 2.42. The number of nitro benzene ring substituents is 1. The molecular weight excluding hydrogens is 434 g/mol. The standard InChI is InChI=1S/C22H23N3O6S/c26-20(17-7-3-14-32-17)18-19(15-5-1-2-6-16(15)25(29)30)24(22(28)21(18)27)9-4-8-23-10-12-31-13-11-23/h1-3,5-7,14,19,27H,4,8-13H2/t19-/m1/s1. The van der Waals surface area contributed by atoms with Crippen LogP contribution in [0.5, 0.6) is 0 Å². The predicted octanol–water partition coefficient (Wildman–Crippen LogP) is 2.96. The summed E-state index contributed by atoms with van der Waals surface area (Å²) in [6.45, 7) is 3.87. The van der Waals surface area contributed by atoms with E-state index in [1.807, 2.05) is 0 Å². The van der Waals surface area contributed by atoms with Gasteiger partial charge in [0.05, 0.1) is 40.2 Å². The minimum atomic E-state index is -1.02. The number of ketones is 1. The largest absolute Gasteiger partial charge is 0.503 e. The number of morpholine rings is 1. The SMILES string of the molecule is O=C(C1=C(O)C(=O)N(CCCN2CCOCC2)[C@@H]1c1ccccc1[N+](=O)[O-])c1cccs1. The van der Waals surface area contributed by atoms with E-state index in [-0.39, 0.29) is 23.4 Å². The van der Waals surface area contributed by atoms with Crippen molar-refractivity contribution in [1.82, 2.24) is 9.80 Å². The maximum atomic E-state index is 13.2. The van der Waals surface area contributed by atoms with Crippen LogP contribution in [0.1, 0.15) is 27.7 Å². The molecule has 1 saturated heterocycles. The Balaban J connectivity index is 1.67. The molecule has 1 N–H and O–H groups in total. The van der Waals surface area contributed by atoms with Crippen molar-refractivity contribution in [3.05, 3.63) is 73.7 Å². The molecule has 1 aromatic carbocycles. The van der Waals surface area contributed by atoms with E-state index in [0.29, 0.717) is 31.1 Å². The van der Waals surface area contributed by atoms with Crippen LogP contribution in [0.15, 0.2) is 53.1 Å². The maximum absolute atomic E-state index is 13.2. The third-order valence-electron chi connectivity index (χ3n) is 5.70. The average molecular weight is 458 g/mol. The van der Waals surface area contributed by atoms with Crippen molar-refractivity contribution in [2.75, 3.05) is 39.4 Å². The van der Waals surface area contributed by atoms with Crippen molar-refractivity contribution in [3.8, 4) is 0 Å². The first-order chi connectivity index (χ1) is 15.5. The Bertz CT molecular complexity index is 1050. The molecule has 2 aliphatic heterocycles. The molecule has 0 radical (unpaired) electrons. The molecule has 10 heteroatoms. The minimum absolute atomic E-state index is 0.113. The molecule has 1 atom stereocenters. The van der Waals surface area contributed by atoms with Crippen LogP contribution in [-0.2, 0) is 9.53 Å². The van der Waals surface area contributed by atoms with Gasteiger partial charge in [0.25, 0.3) is 11.6 Å². The highest BCUT2D eigenvalue weighted by Gasteiger charge is 2.45. The summed E-state index contributed by atoms with van der Waals surface area (Å²) >= 11 is 1.19. The number of carbonyl (C=O) groups is 2. The lowest BCUT2D eigenvalue weighted by atomic mass is 9.94. The lowest BCUT2D eigenvalue weighted by Crippen LogP contribution is -2.39. The third kappa shape index (κ3) is 4.29. The average Bonchev–Trinajstić information content (AvgIpc) is 3.42. The summed E-state index contributed by atoms with van der Waals surface area (Å²) in [5.41, 5.74) is -0.103. The van der Waals surface area contributed by atoms with Crippen LogP contribution in [-0.4, -0.2) is 70.9 Å². The number of amides is 1. The number of carbonyl (C=O) groups excluding carboxylic acids is 2. The Hall–Kier alpha value is -3.08. The van der Waals surface area contributed by atoms with Crippen molar-refractivity contribution >= 4 is 28.7 Å². The summed E-state index contributed by atoms with van der Waals surface area (Å²) < 4.78 is 5.35. The molecule has 4 rings (SSSR count). The van der Waals surface area contributed by atoms with Gasteiger partial charge in [0, 0.05) is 32.2 Å². The normalized spacial score (nSPS) is 19.6. The number of hydrogen-bond acceptors (Lipinski definition) is 8.